The van der Waals surface area contributed by atoms with Gasteiger partial charge in [0.1, 0.15) is 5.84 Å². The van der Waals surface area contributed by atoms with E-state index in [0.29, 0.717) is 18.2 Å². The molecule has 0 atom stereocenters. The van der Waals surface area contributed by atoms with Crippen LogP contribution in [0.15, 0.2) is 150 Å². The van der Waals surface area contributed by atoms with Crippen molar-refractivity contribution in [1.82, 2.24) is 9.97 Å². The summed E-state index contributed by atoms with van der Waals surface area (Å²) in [6, 6.07) is 42.4. The maximum Gasteiger partial charge on any atom is 0.157 e. The highest BCUT2D eigenvalue weighted by Gasteiger charge is 2.11. The van der Waals surface area contributed by atoms with E-state index < -0.39 is 0 Å². The number of hydrogen-bond acceptors (Lipinski definition) is 3. The van der Waals surface area contributed by atoms with Crippen molar-refractivity contribution < 1.29 is 0 Å². The Morgan fingerprint density at radius 2 is 1.32 bits per heavy atom. The van der Waals surface area contributed by atoms with Crippen molar-refractivity contribution in [2.24, 2.45) is 15.7 Å². The van der Waals surface area contributed by atoms with Crippen LogP contribution in [0.3, 0.4) is 0 Å². The van der Waals surface area contributed by atoms with E-state index in [-0.39, 0.29) is 0 Å². The fourth-order valence-electron chi connectivity index (χ4n) is 4.68. The van der Waals surface area contributed by atoms with E-state index in [1.807, 2.05) is 109 Å². The average molecular weight is 518 g/mol. The average Bonchev–Trinajstić information content (AvgIpc) is 3.03. The Hall–Kier alpha value is -5.42. The number of pyridine rings is 2. The smallest absolute Gasteiger partial charge is 0.157 e. The van der Waals surface area contributed by atoms with Crippen LogP contribution in [-0.4, -0.2) is 21.6 Å². The summed E-state index contributed by atoms with van der Waals surface area (Å²) in [4.78, 5) is 19.1. The van der Waals surface area contributed by atoms with E-state index in [2.05, 4.69) is 35.3 Å². The standard InChI is InChI=1S/C35H27N5/c36-34(27-12-3-1-4-13-27)40-35(28-14-5-2-6-15-28)39-24-25-21-29(32-17-9-10-19-37-32)23-30(22-25)33-31-16-8-7-11-26(31)18-20-38-33/h1-23H,24H2,(H2,36,39,40). The molecule has 6 aromatic rings. The van der Waals surface area contributed by atoms with Crippen molar-refractivity contribution in [3.63, 3.8) is 0 Å². The lowest BCUT2D eigenvalue weighted by atomic mass is 9.98. The molecule has 0 radical (unpaired) electrons. The Morgan fingerprint density at radius 3 is 2.10 bits per heavy atom. The van der Waals surface area contributed by atoms with Gasteiger partial charge < -0.3 is 5.73 Å². The summed E-state index contributed by atoms with van der Waals surface area (Å²) in [7, 11) is 0. The van der Waals surface area contributed by atoms with Crippen LogP contribution < -0.4 is 5.73 Å². The maximum atomic E-state index is 6.41. The number of aromatic nitrogens is 2. The molecular weight excluding hydrogens is 490 g/mol. The Morgan fingerprint density at radius 1 is 0.625 bits per heavy atom. The van der Waals surface area contributed by atoms with Crippen molar-refractivity contribution in [1.29, 1.82) is 0 Å². The second kappa shape index (κ2) is 11.5. The van der Waals surface area contributed by atoms with Gasteiger partial charge in [0.2, 0.25) is 0 Å². The molecule has 2 aromatic heterocycles. The quantitative estimate of drug-likeness (QED) is 0.186. The Balaban J connectivity index is 1.46. The SMILES string of the molecule is NC(=NC(=NCc1cc(-c2ccccn2)cc(-c2nccc3ccccc23)c1)c1ccccc1)c1ccccc1. The van der Waals surface area contributed by atoms with Gasteiger partial charge in [-0.05, 0) is 47.3 Å². The molecule has 192 valence electrons. The monoisotopic (exact) mass is 517 g/mol. The molecule has 0 aliphatic heterocycles. The van der Waals surface area contributed by atoms with Crippen LogP contribution in [0.25, 0.3) is 33.3 Å². The molecule has 5 heteroatoms. The summed E-state index contributed by atoms with van der Waals surface area (Å²) in [6.07, 6.45) is 3.67. The summed E-state index contributed by atoms with van der Waals surface area (Å²) in [5.41, 5.74) is 13.0. The first-order valence-electron chi connectivity index (χ1n) is 13.1. The van der Waals surface area contributed by atoms with Crippen LogP contribution in [-0.2, 0) is 6.54 Å². The molecule has 0 fully saturated rings. The zero-order valence-electron chi connectivity index (χ0n) is 21.9. The molecule has 0 saturated carbocycles. The van der Waals surface area contributed by atoms with Crippen LogP contribution in [0.5, 0.6) is 0 Å². The molecule has 2 heterocycles. The minimum Gasteiger partial charge on any atom is -0.383 e. The summed E-state index contributed by atoms with van der Waals surface area (Å²) in [5.74, 6) is 1.00. The maximum absolute atomic E-state index is 6.41. The van der Waals surface area contributed by atoms with Gasteiger partial charge in [-0.15, -0.1) is 0 Å². The predicted molar refractivity (Wildman–Crippen MR) is 164 cm³/mol. The molecule has 4 aromatic carbocycles. The van der Waals surface area contributed by atoms with Crippen molar-refractivity contribution in [2.45, 2.75) is 6.54 Å². The first kappa shape index (κ1) is 24.9. The highest BCUT2D eigenvalue weighted by atomic mass is 15.0. The largest absolute Gasteiger partial charge is 0.383 e. The van der Waals surface area contributed by atoms with E-state index in [1.54, 1.807) is 0 Å². The molecule has 0 bridgehead atoms. The third kappa shape index (κ3) is 5.54. The fourth-order valence-corrected chi connectivity index (χ4v) is 4.68. The summed E-state index contributed by atoms with van der Waals surface area (Å²) >= 11 is 0. The van der Waals surface area contributed by atoms with Gasteiger partial charge in [-0.25, -0.2) is 4.99 Å². The molecule has 5 nitrogen and oxygen atoms in total. The highest BCUT2D eigenvalue weighted by Crippen LogP contribution is 2.31. The predicted octanol–water partition coefficient (Wildman–Crippen LogP) is 7.32. The van der Waals surface area contributed by atoms with Crippen LogP contribution in [0.1, 0.15) is 16.7 Å². The molecule has 2 N–H and O–H groups in total. The molecular formula is C35H27N5. The third-order valence-electron chi connectivity index (χ3n) is 6.64. The van der Waals surface area contributed by atoms with Crippen LogP contribution in [0.4, 0.5) is 0 Å². The zero-order valence-corrected chi connectivity index (χ0v) is 21.9. The summed E-state index contributed by atoms with van der Waals surface area (Å²) in [5, 5.41) is 2.25. The van der Waals surface area contributed by atoms with Crippen LogP contribution >= 0.6 is 0 Å². The Kier molecular flexibility index (Phi) is 7.18. The van der Waals surface area contributed by atoms with Gasteiger partial charge in [-0.2, -0.15) is 0 Å². The van der Waals surface area contributed by atoms with E-state index in [1.165, 1.54) is 0 Å². The first-order chi connectivity index (χ1) is 19.7. The second-order valence-electron chi connectivity index (χ2n) is 9.38. The lowest BCUT2D eigenvalue weighted by Gasteiger charge is -2.11. The van der Waals surface area contributed by atoms with Crippen molar-refractivity contribution in [3.05, 3.63) is 156 Å². The van der Waals surface area contributed by atoms with Gasteiger partial charge in [0.05, 0.1) is 17.9 Å². The Bertz CT molecular complexity index is 1810. The van der Waals surface area contributed by atoms with E-state index in [9.17, 15) is 0 Å². The Labute approximate surface area is 233 Å². The number of aliphatic imine (C=N–C) groups is 2. The molecule has 0 unspecified atom stereocenters. The van der Waals surface area contributed by atoms with Crippen molar-refractivity contribution in [3.8, 4) is 22.5 Å². The number of nitrogens with two attached hydrogens (primary N) is 1. The molecule has 0 amide bonds. The summed E-state index contributed by atoms with van der Waals surface area (Å²) in [6.45, 7) is 0.411. The topological polar surface area (TPSA) is 76.5 Å². The molecule has 0 saturated heterocycles. The number of fused-ring (bicyclic) bond motifs is 1. The number of nitrogens with zero attached hydrogens (tertiary/aromatic N) is 4. The van der Waals surface area contributed by atoms with E-state index >= 15 is 0 Å². The van der Waals surface area contributed by atoms with E-state index in [0.717, 1.165) is 50.0 Å². The van der Waals surface area contributed by atoms with Gasteiger partial charge in [0.15, 0.2) is 5.84 Å². The minimum absolute atomic E-state index is 0.411. The van der Waals surface area contributed by atoms with Gasteiger partial charge in [-0.3, -0.25) is 15.0 Å². The van der Waals surface area contributed by atoms with Gasteiger partial charge in [0, 0.05) is 40.0 Å². The molecule has 0 spiro atoms. The third-order valence-corrected chi connectivity index (χ3v) is 6.64. The van der Waals surface area contributed by atoms with Gasteiger partial charge >= 0.3 is 0 Å². The van der Waals surface area contributed by atoms with E-state index in [4.69, 9.17) is 20.7 Å². The number of amidine groups is 2. The molecule has 40 heavy (non-hydrogen) atoms. The van der Waals surface area contributed by atoms with Crippen molar-refractivity contribution >= 4 is 22.4 Å². The van der Waals surface area contributed by atoms with Crippen LogP contribution in [0.2, 0.25) is 0 Å². The molecule has 0 aliphatic carbocycles. The van der Waals surface area contributed by atoms with Gasteiger partial charge in [-0.1, -0.05) is 91.0 Å². The van der Waals surface area contributed by atoms with Gasteiger partial charge in [0.25, 0.3) is 0 Å². The molecule has 0 aliphatic rings. The number of rotatable bonds is 6. The normalized spacial score (nSPS) is 12.0. The first-order valence-corrected chi connectivity index (χ1v) is 13.1. The summed E-state index contributed by atoms with van der Waals surface area (Å²) < 4.78 is 0. The number of benzene rings is 4. The molecule has 6 rings (SSSR count). The lowest BCUT2D eigenvalue weighted by Crippen LogP contribution is -2.16. The lowest BCUT2D eigenvalue weighted by molar-refractivity contribution is 1.06. The fraction of sp³-hybridized carbons (Fsp3) is 0.0286. The number of hydrogen-bond donors (Lipinski definition) is 1. The van der Waals surface area contributed by atoms with Crippen LogP contribution in [0, 0.1) is 0 Å². The highest BCUT2D eigenvalue weighted by molar-refractivity contribution is 6.10. The zero-order chi connectivity index (χ0) is 27.1. The van der Waals surface area contributed by atoms with Crippen molar-refractivity contribution in [2.75, 3.05) is 0 Å². The second-order valence-corrected chi connectivity index (χ2v) is 9.38. The minimum atomic E-state index is 0.411.